The smallest absolute Gasteiger partial charge is 0.343 e. The molecule has 1 amide bonds. The van der Waals surface area contributed by atoms with Gasteiger partial charge in [0.15, 0.2) is 0 Å². The van der Waals surface area contributed by atoms with Gasteiger partial charge in [-0.2, -0.15) is 18.3 Å². The van der Waals surface area contributed by atoms with Gasteiger partial charge in [-0.1, -0.05) is 30.3 Å². The van der Waals surface area contributed by atoms with E-state index in [1.165, 1.54) is 9.13 Å². The Hall–Kier alpha value is -4.34. The van der Waals surface area contributed by atoms with E-state index in [0.29, 0.717) is 16.7 Å². The van der Waals surface area contributed by atoms with E-state index in [4.69, 9.17) is 0 Å². The maximum Gasteiger partial charge on any atom is 0.408 e. The monoisotopic (exact) mass is 493 g/mol. The first-order valence-corrected chi connectivity index (χ1v) is 11.3. The van der Waals surface area contributed by atoms with Crippen LogP contribution in [0.15, 0.2) is 77.9 Å². The zero-order chi connectivity index (χ0) is 25.6. The van der Waals surface area contributed by atoms with Crippen LogP contribution in [-0.2, 0) is 11.3 Å². The summed E-state index contributed by atoms with van der Waals surface area (Å²) >= 11 is 0. The highest BCUT2D eigenvalue weighted by Crippen LogP contribution is 2.27. The second kappa shape index (κ2) is 8.71. The first-order valence-electron chi connectivity index (χ1n) is 11.3. The van der Waals surface area contributed by atoms with Crippen LogP contribution in [0.3, 0.4) is 0 Å². The predicted octanol–water partition coefficient (Wildman–Crippen LogP) is 4.48. The molecule has 0 fully saturated rings. The average Bonchev–Trinajstić information content (AvgIpc) is 3.39. The highest BCUT2D eigenvalue weighted by Gasteiger charge is 2.37. The molecular weight excluding hydrogens is 471 g/mol. The standard InChI is InChI=1S/C26H22F3N5O2/c1-16-6-5-8-22-24(16)34(25(36)32(22)15-23(35)31-17(2)26(27,28)29)19-11-9-18(10-12-19)20-14-30-33-13-4-3-7-21(20)33/h3-14,17H,15H2,1-2H3,(H,31,35). The number of para-hydroxylation sites is 1. The summed E-state index contributed by atoms with van der Waals surface area (Å²) in [7, 11) is 0. The maximum absolute atomic E-state index is 13.5. The Morgan fingerprint density at radius 1 is 1.03 bits per heavy atom. The maximum atomic E-state index is 13.5. The number of amides is 1. The SMILES string of the molecule is Cc1cccc2c1n(-c1ccc(-c3cnn4ccccc34)cc1)c(=O)n2CC(=O)NC(C)C(F)(F)F. The van der Waals surface area contributed by atoms with E-state index in [0.717, 1.165) is 29.1 Å². The molecule has 5 aromatic rings. The van der Waals surface area contributed by atoms with Gasteiger partial charge in [0.1, 0.15) is 12.6 Å². The van der Waals surface area contributed by atoms with E-state index in [9.17, 15) is 22.8 Å². The number of nitrogens with zero attached hydrogens (tertiary/aromatic N) is 4. The second-order valence-electron chi connectivity index (χ2n) is 8.61. The number of imidazole rings is 1. The van der Waals surface area contributed by atoms with Gasteiger partial charge in [0.25, 0.3) is 0 Å². The Kier molecular flexibility index (Phi) is 5.66. The van der Waals surface area contributed by atoms with Gasteiger partial charge in [-0.15, -0.1) is 0 Å². The van der Waals surface area contributed by atoms with E-state index in [2.05, 4.69) is 5.10 Å². The molecule has 0 saturated carbocycles. The highest BCUT2D eigenvalue weighted by atomic mass is 19.4. The molecule has 1 N–H and O–H groups in total. The van der Waals surface area contributed by atoms with Crippen molar-refractivity contribution < 1.29 is 18.0 Å². The van der Waals surface area contributed by atoms with Crippen molar-refractivity contribution in [3.05, 3.63) is 89.1 Å². The zero-order valence-electron chi connectivity index (χ0n) is 19.5. The van der Waals surface area contributed by atoms with Crippen LogP contribution in [0.4, 0.5) is 13.2 Å². The quantitative estimate of drug-likeness (QED) is 0.392. The van der Waals surface area contributed by atoms with E-state index in [1.54, 1.807) is 35.0 Å². The van der Waals surface area contributed by atoms with E-state index < -0.39 is 30.4 Å². The van der Waals surface area contributed by atoms with Gasteiger partial charge in [-0.3, -0.25) is 13.9 Å². The number of fused-ring (bicyclic) bond motifs is 2. The highest BCUT2D eigenvalue weighted by molar-refractivity contribution is 5.85. The van der Waals surface area contributed by atoms with Crippen molar-refractivity contribution in [1.29, 1.82) is 0 Å². The lowest BCUT2D eigenvalue weighted by Crippen LogP contribution is -2.45. The summed E-state index contributed by atoms with van der Waals surface area (Å²) < 4.78 is 43.1. The van der Waals surface area contributed by atoms with E-state index >= 15 is 0 Å². The fourth-order valence-corrected chi connectivity index (χ4v) is 4.32. The lowest BCUT2D eigenvalue weighted by molar-refractivity contribution is -0.158. The van der Waals surface area contributed by atoms with Gasteiger partial charge >= 0.3 is 11.9 Å². The number of hydrogen-bond donors (Lipinski definition) is 1. The number of nitrogens with one attached hydrogen (secondary N) is 1. The molecule has 5 rings (SSSR count). The van der Waals surface area contributed by atoms with Gasteiger partial charge in [0.05, 0.1) is 28.4 Å². The summed E-state index contributed by atoms with van der Waals surface area (Å²) in [4.78, 5) is 25.8. The molecule has 0 bridgehead atoms. The Labute approximate surface area is 203 Å². The number of benzene rings is 2. The molecule has 10 heteroatoms. The van der Waals surface area contributed by atoms with Crippen molar-refractivity contribution in [3.8, 4) is 16.8 Å². The average molecular weight is 493 g/mol. The molecule has 0 aliphatic heterocycles. The third-order valence-corrected chi connectivity index (χ3v) is 6.19. The Balaban J connectivity index is 1.55. The number of aryl methyl sites for hydroxylation is 1. The number of hydrogen-bond acceptors (Lipinski definition) is 3. The Morgan fingerprint density at radius 2 is 1.75 bits per heavy atom. The fourth-order valence-electron chi connectivity index (χ4n) is 4.32. The van der Waals surface area contributed by atoms with Gasteiger partial charge < -0.3 is 5.32 Å². The van der Waals surface area contributed by atoms with Crippen molar-refractivity contribution >= 4 is 22.5 Å². The van der Waals surface area contributed by atoms with E-state index in [-0.39, 0.29) is 0 Å². The van der Waals surface area contributed by atoms with Crippen molar-refractivity contribution in [2.45, 2.75) is 32.6 Å². The molecule has 3 heterocycles. The third-order valence-electron chi connectivity index (χ3n) is 6.19. The molecule has 0 saturated heterocycles. The zero-order valence-corrected chi connectivity index (χ0v) is 19.5. The number of carbonyl (C=O) groups excluding carboxylic acids is 1. The van der Waals surface area contributed by atoms with Crippen molar-refractivity contribution in [1.82, 2.24) is 24.1 Å². The van der Waals surface area contributed by atoms with Crippen LogP contribution in [0.2, 0.25) is 0 Å². The number of aromatic nitrogens is 4. The predicted molar refractivity (Wildman–Crippen MR) is 130 cm³/mol. The largest absolute Gasteiger partial charge is 0.408 e. The van der Waals surface area contributed by atoms with Crippen LogP contribution in [0.1, 0.15) is 12.5 Å². The van der Waals surface area contributed by atoms with Crippen LogP contribution in [-0.4, -0.2) is 36.9 Å². The van der Waals surface area contributed by atoms with Crippen LogP contribution in [0.5, 0.6) is 0 Å². The molecule has 7 nitrogen and oxygen atoms in total. The number of alkyl halides is 3. The van der Waals surface area contributed by atoms with Gasteiger partial charge in [-0.05, 0) is 55.3 Å². The molecule has 1 atom stereocenters. The summed E-state index contributed by atoms with van der Waals surface area (Å²) in [6.07, 6.45) is -0.947. The van der Waals surface area contributed by atoms with Crippen molar-refractivity contribution in [3.63, 3.8) is 0 Å². The van der Waals surface area contributed by atoms with Crippen molar-refractivity contribution in [2.24, 2.45) is 0 Å². The molecule has 0 radical (unpaired) electrons. The molecule has 184 valence electrons. The minimum Gasteiger partial charge on any atom is -0.343 e. The second-order valence-corrected chi connectivity index (χ2v) is 8.61. The number of carbonyl (C=O) groups is 1. The molecule has 0 spiro atoms. The number of pyridine rings is 1. The van der Waals surface area contributed by atoms with E-state index in [1.807, 2.05) is 54.8 Å². The molecule has 36 heavy (non-hydrogen) atoms. The summed E-state index contributed by atoms with van der Waals surface area (Å²) in [5, 5.41) is 6.28. The minimum absolute atomic E-state index is 0.460. The molecule has 2 aromatic carbocycles. The number of halogens is 3. The molecule has 3 aromatic heterocycles. The Morgan fingerprint density at radius 3 is 2.47 bits per heavy atom. The summed E-state index contributed by atoms with van der Waals surface area (Å²) in [5.41, 5.74) is 4.68. The fraction of sp³-hybridized carbons (Fsp3) is 0.192. The van der Waals surface area contributed by atoms with Gasteiger partial charge in [-0.25, -0.2) is 9.31 Å². The summed E-state index contributed by atoms with van der Waals surface area (Å²) in [6.45, 7) is 2.16. The normalized spacial score (nSPS) is 12.8. The van der Waals surface area contributed by atoms with Crippen LogP contribution in [0.25, 0.3) is 33.4 Å². The lowest BCUT2D eigenvalue weighted by atomic mass is 10.1. The number of rotatable bonds is 5. The van der Waals surface area contributed by atoms with Crippen LogP contribution >= 0.6 is 0 Å². The van der Waals surface area contributed by atoms with Crippen LogP contribution < -0.4 is 11.0 Å². The first-order chi connectivity index (χ1) is 17.1. The molecule has 0 aliphatic rings. The third kappa shape index (κ3) is 4.04. The molecule has 1 unspecified atom stereocenters. The summed E-state index contributed by atoms with van der Waals surface area (Å²) in [5.74, 6) is -0.897. The lowest BCUT2D eigenvalue weighted by Gasteiger charge is -2.17. The topological polar surface area (TPSA) is 73.3 Å². The van der Waals surface area contributed by atoms with Crippen LogP contribution in [0, 0.1) is 6.92 Å². The van der Waals surface area contributed by atoms with Gasteiger partial charge in [0, 0.05) is 11.8 Å². The van der Waals surface area contributed by atoms with Crippen molar-refractivity contribution in [2.75, 3.05) is 0 Å². The van der Waals surface area contributed by atoms with Gasteiger partial charge in [0.2, 0.25) is 5.91 Å². The summed E-state index contributed by atoms with van der Waals surface area (Å²) in [6, 6.07) is 16.4. The molecular formula is C26H22F3N5O2. The molecule has 0 aliphatic carbocycles. The first kappa shape index (κ1) is 23.4. The Bertz CT molecular complexity index is 1640. The minimum atomic E-state index is -4.58.